The first-order valence-electron chi connectivity index (χ1n) is 8.60. The van der Waals surface area contributed by atoms with Crippen molar-refractivity contribution in [3.63, 3.8) is 0 Å². The van der Waals surface area contributed by atoms with E-state index in [4.69, 9.17) is 14.2 Å². The Morgan fingerprint density at radius 2 is 1.89 bits per heavy atom. The summed E-state index contributed by atoms with van der Waals surface area (Å²) in [5.74, 6) is -0.322. The SMILES string of the molecule is C[C@@H](OC(=O)c1cc2cc(F)ccc2s1)C(=O)Nc1ccc2c(c1)OCCO2. The van der Waals surface area contributed by atoms with Gasteiger partial charge >= 0.3 is 5.97 Å². The lowest BCUT2D eigenvalue weighted by Gasteiger charge is -2.19. The van der Waals surface area contributed by atoms with Gasteiger partial charge < -0.3 is 19.5 Å². The second kappa shape index (κ2) is 7.47. The minimum absolute atomic E-state index is 0.305. The van der Waals surface area contributed by atoms with Crippen LogP contribution in [0.25, 0.3) is 10.1 Å². The van der Waals surface area contributed by atoms with Gasteiger partial charge in [0, 0.05) is 16.5 Å². The topological polar surface area (TPSA) is 73.9 Å². The van der Waals surface area contributed by atoms with E-state index in [-0.39, 0.29) is 5.82 Å². The van der Waals surface area contributed by atoms with Crippen molar-refractivity contribution in [3.05, 3.63) is 53.2 Å². The van der Waals surface area contributed by atoms with E-state index < -0.39 is 18.0 Å². The third kappa shape index (κ3) is 3.77. The van der Waals surface area contributed by atoms with Gasteiger partial charge in [-0.05, 0) is 48.7 Å². The number of benzene rings is 2. The van der Waals surface area contributed by atoms with Gasteiger partial charge in [0.15, 0.2) is 17.6 Å². The van der Waals surface area contributed by atoms with Crippen molar-refractivity contribution in [2.45, 2.75) is 13.0 Å². The molecular formula is C20H16FNO5S. The van der Waals surface area contributed by atoms with E-state index in [2.05, 4.69) is 5.32 Å². The van der Waals surface area contributed by atoms with Crippen molar-refractivity contribution in [1.29, 1.82) is 0 Å². The monoisotopic (exact) mass is 401 g/mol. The molecule has 1 aliphatic heterocycles. The number of ether oxygens (including phenoxy) is 3. The van der Waals surface area contributed by atoms with Gasteiger partial charge in [-0.1, -0.05) is 0 Å². The first kappa shape index (κ1) is 18.2. The third-order valence-corrected chi connectivity index (χ3v) is 5.24. The highest BCUT2D eigenvalue weighted by Crippen LogP contribution is 2.32. The fourth-order valence-electron chi connectivity index (χ4n) is 2.75. The number of fused-ring (bicyclic) bond motifs is 2. The van der Waals surface area contributed by atoms with Crippen LogP contribution in [-0.4, -0.2) is 31.2 Å². The lowest BCUT2D eigenvalue weighted by atomic mass is 10.2. The number of amides is 1. The van der Waals surface area contributed by atoms with E-state index in [1.807, 2.05) is 0 Å². The molecule has 6 nitrogen and oxygen atoms in total. The zero-order valence-electron chi connectivity index (χ0n) is 14.9. The molecule has 0 fully saturated rings. The molecule has 0 saturated carbocycles. The molecule has 4 rings (SSSR count). The summed E-state index contributed by atoms with van der Waals surface area (Å²) in [5, 5.41) is 3.30. The van der Waals surface area contributed by atoms with Crippen LogP contribution in [0.5, 0.6) is 11.5 Å². The molecule has 2 aromatic carbocycles. The molecular weight excluding hydrogens is 385 g/mol. The van der Waals surface area contributed by atoms with Gasteiger partial charge in [0.05, 0.1) is 0 Å². The molecule has 1 atom stereocenters. The second-order valence-corrected chi connectivity index (χ2v) is 7.27. The van der Waals surface area contributed by atoms with Crippen LogP contribution in [0.2, 0.25) is 0 Å². The second-order valence-electron chi connectivity index (χ2n) is 6.19. The number of hydrogen-bond donors (Lipinski definition) is 1. The fourth-order valence-corrected chi connectivity index (χ4v) is 3.68. The largest absolute Gasteiger partial charge is 0.486 e. The summed E-state index contributed by atoms with van der Waals surface area (Å²) in [5.41, 5.74) is 0.509. The molecule has 28 heavy (non-hydrogen) atoms. The van der Waals surface area contributed by atoms with E-state index in [9.17, 15) is 14.0 Å². The molecule has 1 aromatic heterocycles. The molecule has 0 bridgehead atoms. The molecule has 0 aliphatic carbocycles. The number of carbonyl (C=O) groups excluding carboxylic acids is 2. The number of nitrogens with one attached hydrogen (secondary N) is 1. The van der Waals surface area contributed by atoms with Crippen LogP contribution in [0.4, 0.5) is 10.1 Å². The number of carbonyl (C=O) groups is 2. The quantitative estimate of drug-likeness (QED) is 0.669. The summed E-state index contributed by atoms with van der Waals surface area (Å²) in [4.78, 5) is 25.0. The highest BCUT2D eigenvalue weighted by molar-refractivity contribution is 7.20. The molecule has 2 heterocycles. The summed E-state index contributed by atoms with van der Waals surface area (Å²) in [6, 6.07) is 10.9. The van der Waals surface area contributed by atoms with Gasteiger partial charge in [-0.2, -0.15) is 0 Å². The fraction of sp³-hybridized carbons (Fsp3) is 0.200. The Kier molecular flexibility index (Phi) is 4.87. The van der Waals surface area contributed by atoms with Gasteiger partial charge in [0.2, 0.25) is 0 Å². The van der Waals surface area contributed by atoms with Gasteiger partial charge in [0.1, 0.15) is 23.9 Å². The molecule has 0 unspecified atom stereocenters. The number of anilines is 1. The van der Waals surface area contributed by atoms with E-state index in [0.29, 0.717) is 40.7 Å². The molecule has 8 heteroatoms. The maximum absolute atomic E-state index is 13.3. The van der Waals surface area contributed by atoms with Crippen molar-refractivity contribution < 1.29 is 28.2 Å². The number of halogens is 1. The molecule has 0 saturated heterocycles. The maximum Gasteiger partial charge on any atom is 0.349 e. The third-order valence-electron chi connectivity index (χ3n) is 4.14. The Balaban J connectivity index is 1.41. The van der Waals surface area contributed by atoms with Crippen LogP contribution in [-0.2, 0) is 9.53 Å². The Bertz CT molecular complexity index is 1060. The van der Waals surface area contributed by atoms with Crippen LogP contribution in [0.3, 0.4) is 0 Å². The first-order chi connectivity index (χ1) is 13.5. The minimum atomic E-state index is -1.01. The van der Waals surface area contributed by atoms with Crippen LogP contribution in [0.15, 0.2) is 42.5 Å². The number of esters is 1. The Hall–Kier alpha value is -3.13. The van der Waals surface area contributed by atoms with Gasteiger partial charge in [-0.3, -0.25) is 4.79 Å². The maximum atomic E-state index is 13.3. The molecule has 0 radical (unpaired) electrons. The highest BCUT2D eigenvalue weighted by Gasteiger charge is 2.21. The summed E-state index contributed by atoms with van der Waals surface area (Å²) in [7, 11) is 0. The standard InChI is InChI=1S/C20H16FNO5S/c1-11(19(23)22-14-3-4-15-16(10-14)26-7-6-25-15)27-20(24)18-9-12-8-13(21)2-5-17(12)28-18/h2-5,8-11H,6-7H2,1H3,(H,22,23)/t11-/m1/s1. The molecule has 0 spiro atoms. The van der Waals surface area contributed by atoms with Crippen molar-refractivity contribution >= 4 is 39.0 Å². The molecule has 3 aromatic rings. The zero-order valence-corrected chi connectivity index (χ0v) is 15.7. The number of thiophene rings is 1. The van der Waals surface area contributed by atoms with Gasteiger partial charge in [0.25, 0.3) is 5.91 Å². The zero-order chi connectivity index (χ0) is 19.7. The van der Waals surface area contributed by atoms with Crippen LogP contribution in [0.1, 0.15) is 16.6 Å². The van der Waals surface area contributed by atoms with Crippen molar-refractivity contribution in [1.82, 2.24) is 0 Å². The predicted molar refractivity (Wildman–Crippen MR) is 103 cm³/mol. The normalized spacial score (nSPS) is 13.8. The lowest BCUT2D eigenvalue weighted by molar-refractivity contribution is -0.123. The highest BCUT2D eigenvalue weighted by atomic mass is 32.1. The Morgan fingerprint density at radius 3 is 2.71 bits per heavy atom. The number of hydrogen-bond acceptors (Lipinski definition) is 6. The van der Waals surface area contributed by atoms with Gasteiger partial charge in [-0.15, -0.1) is 11.3 Å². The van der Waals surface area contributed by atoms with Crippen molar-refractivity contribution in [2.75, 3.05) is 18.5 Å². The van der Waals surface area contributed by atoms with Crippen LogP contribution in [0, 0.1) is 5.82 Å². The van der Waals surface area contributed by atoms with E-state index in [0.717, 1.165) is 4.70 Å². The average Bonchev–Trinajstić information content (AvgIpc) is 3.11. The van der Waals surface area contributed by atoms with Crippen molar-refractivity contribution in [2.24, 2.45) is 0 Å². The minimum Gasteiger partial charge on any atom is -0.486 e. The predicted octanol–water partition coefficient (Wildman–Crippen LogP) is 4.00. The van der Waals surface area contributed by atoms with E-state index >= 15 is 0 Å². The van der Waals surface area contributed by atoms with Gasteiger partial charge in [-0.25, -0.2) is 9.18 Å². The summed E-state index contributed by atoms with van der Waals surface area (Å²) < 4.78 is 30.2. The molecule has 1 aliphatic rings. The van der Waals surface area contributed by atoms with Crippen LogP contribution < -0.4 is 14.8 Å². The summed E-state index contributed by atoms with van der Waals surface area (Å²) >= 11 is 1.18. The number of rotatable bonds is 4. The van der Waals surface area contributed by atoms with Crippen molar-refractivity contribution in [3.8, 4) is 11.5 Å². The smallest absolute Gasteiger partial charge is 0.349 e. The first-order valence-corrected chi connectivity index (χ1v) is 9.42. The van der Waals surface area contributed by atoms with Crippen LogP contribution >= 0.6 is 11.3 Å². The Labute approximate surface area is 163 Å². The summed E-state index contributed by atoms with van der Waals surface area (Å²) in [6.45, 7) is 2.41. The molecule has 1 amide bonds. The lowest BCUT2D eigenvalue weighted by Crippen LogP contribution is -2.29. The molecule has 1 N–H and O–H groups in total. The average molecular weight is 401 g/mol. The Morgan fingerprint density at radius 1 is 1.11 bits per heavy atom. The van der Waals surface area contributed by atoms with E-state index in [1.54, 1.807) is 30.3 Å². The summed E-state index contributed by atoms with van der Waals surface area (Å²) in [6.07, 6.45) is -1.01. The molecule has 144 valence electrons. The van der Waals surface area contributed by atoms with E-state index in [1.165, 1.54) is 30.4 Å².